The fraction of sp³-hybridized carbons (Fsp3) is 0.529. The summed E-state index contributed by atoms with van der Waals surface area (Å²) in [6, 6.07) is 8.14. The normalized spacial score (nSPS) is 28.2. The van der Waals surface area contributed by atoms with Crippen LogP contribution in [0.15, 0.2) is 24.3 Å². The van der Waals surface area contributed by atoms with Crippen LogP contribution in [0.25, 0.3) is 0 Å². The van der Waals surface area contributed by atoms with E-state index in [4.69, 9.17) is 0 Å². The second kappa shape index (κ2) is 5.17. The third-order valence-corrected chi connectivity index (χ3v) is 4.97. The maximum atomic E-state index is 12.8. The van der Waals surface area contributed by atoms with Crippen LogP contribution in [0.3, 0.4) is 0 Å². The van der Waals surface area contributed by atoms with E-state index in [1.165, 1.54) is 5.56 Å². The first kappa shape index (κ1) is 14.1. The summed E-state index contributed by atoms with van der Waals surface area (Å²) in [6.45, 7) is 2.62. The van der Waals surface area contributed by atoms with Crippen LogP contribution in [-0.4, -0.2) is 35.0 Å². The molecule has 0 radical (unpaired) electrons. The maximum Gasteiger partial charge on any atom is 0.311 e. The Morgan fingerprint density at radius 1 is 1.33 bits per heavy atom. The summed E-state index contributed by atoms with van der Waals surface area (Å²) in [4.78, 5) is 25.9. The Labute approximate surface area is 124 Å². The van der Waals surface area contributed by atoms with Crippen molar-refractivity contribution in [2.24, 2.45) is 5.41 Å². The van der Waals surface area contributed by atoms with Gasteiger partial charge in [-0.15, -0.1) is 0 Å². The van der Waals surface area contributed by atoms with Crippen LogP contribution in [0, 0.1) is 5.41 Å². The highest BCUT2D eigenvalue weighted by Gasteiger charge is 2.43. The number of benzene rings is 1. The Kier molecular flexibility index (Phi) is 3.47. The van der Waals surface area contributed by atoms with Gasteiger partial charge in [-0.05, 0) is 43.7 Å². The average molecular weight is 287 g/mol. The second-order valence-electron chi connectivity index (χ2n) is 6.52. The zero-order chi connectivity index (χ0) is 15.0. The summed E-state index contributed by atoms with van der Waals surface area (Å²) in [5.41, 5.74) is 1.61. The van der Waals surface area contributed by atoms with Crippen molar-refractivity contribution in [3.05, 3.63) is 35.4 Å². The van der Waals surface area contributed by atoms with Gasteiger partial charge in [0.15, 0.2) is 0 Å². The van der Waals surface area contributed by atoms with Crippen molar-refractivity contribution in [1.29, 1.82) is 0 Å². The molecule has 1 amide bonds. The van der Waals surface area contributed by atoms with Crippen LogP contribution in [0.1, 0.15) is 43.2 Å². The molecule has 0 aromatic heterocycles. The third-order valence-electron chi connectivity index (χ3n) is 4.97. The Morgan fingerprint density at radius 2 is 2.10 bits per heavy atom. The van der Waals surface area contributed by atoms with Crippen molar-refractivity contribution in [2.75, 3.05) is 13.1 Å². The summed E-state index contributed by atoms with van der Waals surface area (Å²) in [5, 5.41) is 9.30. The van der Waals surface area contributed by atoms with Crippen LogP contribution in [0.5, 0.6) is 0 Å². The molecule has 4 heteroatoms. The van der Waals surface area contributed by atoms with E-state index >= 15 is 0 Å². The third kappa shape index (κ3) is 2.43. The number of aryl methyl sites for hydroxylation is 1. The number of aliphatic carboxylic acids is 1. The number of hydrogen-bond acceptors (Lipinski definition) is 2. The van der Waals surface area contributed by atoms with Gasteiger partial charge in [-0.3, -0.25) is 9.59 Å². The number of hydrogen-bond donors (Lipinski definition) is 1. The Morgan fingerprint density at radius 3 is 2.81 bits per heavy atom. The summed E-state index contributed by atoms with van der Waals surface area (Å²) >= 11 is 0. The molecule has 2 atom stereocenters. The average Bonchev–Trinajstić information content (AvgIpc) is 2.90. The zero-order valence-corrected chi connectivity index (χ0v) is 12.3. The van der Waals surface area contributed by atoms with Crippen LogP contribution in [-0.2, 0) is 16.0 Å². The summed E-state index contributed by atoms with van der Waals surface area (Å²) in [7, 11) is 0. The number of rotatable bonds is 2. The second-order valence-corrected chi connectivity index (χ2v) is 6.52. The minimum absolute atomic E-state index is 0.0916. The summed E-state index contributed by atoms with van der Waals surface area (Å²) in [5.74, 6) is -0.792. The van der Waals surface area contributed by atoms with Gasteiger partial charge in [-0.2, -0.15) is 0 Å². The van der Waals surface area contributed by atoms with E-state index in [-0.39, 0.29) is 11.8 Å². The molecule has 112 valence electrons. The lowest BCUT2D eigenvalue weighted by molar-refractivity contribution is -0.147. The largest absolute Gasteiger partial charge is 0.481 e. The molecule has 1 aliphatic heterocycles. The molecule has 1 heterocycles. The molecule has 4 nitrogen and oxygen atoms in total. The van der Waals surface area contributed by atoms with Crippen LogP contribution in [0.4, 0.5) is 0 Å². The van der Waals surface area contributed by atoms with Crippen molar-refractivity contribution in [1.82, 2.24) is 4.90 Å². The van der Waals surface area contributed by atoms with Crippen molar-refractivity contribution in [2.45, 2.75) is 38.5 Å². The molecule has 1 aliphatic carbocycles. The van der Waals surface area contributed by atoms with Crippen LogP contribution >= 0.6 is 0 Å². The highest BCUT2D eigenvalue weighted by Crippen LogP contribution is 2.36. The lowest BCUT2D eigenvalue weighted by Gasteiger charge is -2.29. The topological polar surface area (TPSA) is 57.6 Å². The van der Waals surface area contributed by atoms with Crippen molar-refractivity contribution >= 4 is 11.9 Å². The minimum Gasteiger partial charge on any atom is -0.481 e. The number of carboxylic acids is 1. The number of fused-ring (bicyclic) bond motifs is 1. The standard InChI is InChI=1S/C17H21NO3/c1-17(16(20)21)9-10-18(11-17)15(19)14-8-4-6-12-5-2-3-7-13(12)14/h2-3,5,7,14H,4,6,8-11H2,1H3,(H,20,21)/t14-,17-/m1/s1. The van der Waals surface area contributed by atoms with E-state index in [1.807, 2.05) is 18.2 Å². The molecule has 1 saturated heterocycles. The van der Waals surface area contributed by atoms with Gasteiger partial charge in [-0.25, -0.2) is 0 Å². The molecule has 0 unspecified atom stereocenters. The highest BCUT2D eigenvalue weighted by atomic mass is 16.4. The van der Waals surface area contributed by atoms with Gasteiger partial charge in [0.05, 0.1) is 11.3 Å². The molecule has 0 saturated carbocycles. The van der Waals surface area contributed by atoms with E-state index < -0.39 is 11.4 Å². The highest BCUT2D eigenvalue weighted by molar-refractivity contribution is 5.86. The number of nitrogens with zero attached hydrogens (tertiary/aromatic N) is 1. The summed E-state index contributed by atoms with van der Waals surface area (Å²) in [6.07, 6.45) is 3.48. The first-order chi connectivity index (χ1) is 10.0. The molecule has 1 aromatic rings. The lowest BCUT2D eigenvalue weighted by atomic mass is 9.82. The van der Waals surface area contributed by atoms with Crippen LogP contribution < -0.4 is 0 Å². The number of amides is 1. The molecule has 1 aromatic carbocycles. The lowest BCUT2D eigenvalue weighted by Crippen LogP contribution is -2.38. The van der Waals surface area contributed by atoms with Gasteiger partial charge in [-0.1, -0.05) is 24.3 Å². The molecule has 3 rings (SSSR count). The van der Waals surface area contributed by atoms with Crippen molar-refractivity contribution < 1.29 is 14.7 Å². The molecular formula is C17H21NO3. The zero-order valence-electron chi connectivity index (χ0n) is 12.3. The monoisotopic (exact) mass is 287 g/mol. The van der Waals surface area contributed by atoms with E-state index in [1.54, 1.807) is 11.8 Å². The summed E-state index contributed by atoms with van der Waals surface area (Å²) < 4.78 is 0. The number of carboxylic acid groups (broad SMARTS) is 1. The first-order valence-corrected chi connectivity index (χ1v) is 7.61. The van der Waals surface area contributed by atoms with E-state index in [0.717, 1.165) is 24.8 Å². The number of carbonyl (C=O) groups is 2. The van der Waals surface area contributed by atoms with Crippen molar-refractivity contribution in [3.8, 4) is 0 Å². The van der Waals surface area contributed by atoms with Gasteiger partial charge in [0.1, 0.15) is 0 Å². The van der Waals surface area contributed by atoms with Crippen molar-refractivity contribution in [3.63, 3.8) is 0 Å². The Hall–Kier alpha value is -1.84. The molecule has 1 N–H and O–H groups in total. The smallest absolute Gasteiger partial charge is 0.311 e. The Balaban J connectivity index is 1.80. The molecule has 21 heavy (non-hydrogen) atoms. The molecule has 2 aliphatic rings. The van der Waals surface area contributed by atoms with Gasteiger partial charge in [0.2, 0.25) is 5.91 Å². The molecule has 1 fully saturated rings. The van der Waals surface area contributed by atoms with Gasteiger partial charge in [0.25, 0.3) is 0 Å². The minimum atomic E-state index is -0.804. The predicted molar refractivity (Wildman–Crippen MR) is 79.1 cm³/mol. The number of carbonyl (C=O) groups excluding carboxylic acids is 1. The fourth-order valence-electron chi connectivity index (χ4n) is 3.55. The first-order valence-electron chi connectivity index (χ1n) is 7.61. The SMILES string of the molecule is C[C@@]1(C(=O)O)CCN(C(=O)[C@@H]2CCCc3ccccc32)C1. The fourth-order valence-corrected chi connectivity index (χ4v) is 3.55. The number of likely N-dealkylation sites (tertiary alicyclic amines) is 1. The molecular weight excluding hydrogens is 266 g/mol. The van der Waals surface area contributed by atoms with Gasteiger partial charge >= 0.3 is 5.97 Å². The van der Waals surface area contributed by atoms with E-state index in [9.17, 15) is 14.7 Å². The predicted octanol–water partition coefficient (Wildman–Crippen LogP) is 2.43. The van der Waals surface area contributed by atoms with Gasteiger partial charge in [0, 0.05) is 13.1 Å². The molecule has 0 spiro atoms. The van der Waals surface area contributed by atoms with Gasteiger partial charge < -0.3 is 10.0 Å². The van der Waals surface area contributed by atoms with Crippen LogP contribution in [0.2, 0.25) is 0 Å². The van der Waals surface area contributed by atoms with E-state index in [0.29, 0.717) is 19.5 Å². The molecule has 0 bridgehead atoms. The Bertz CT molecular complexity index is 583. The quantitative estimate of drug-likeness (QED) is 0.909. The maximum absolute atomic E-state index is 12.8. The van der Waals surface area contributed by atoms with E-state index in [2.05, 4.69) is 6.07 Å².